The number of nitrogens with one attached hydrogen (secondary N) is 1. The van der Waals surface area contributed by atoms with Gasteiger partial charge < -0.3 is 10.1 Å². The Bertz CT molecular complexity index is 832. The second-order valence-electron chi connectivity index (χ2n) is 3.48. The van der Waals surface area contributed by atoms with E-state index in [4.69, 9.17) is 34.8 Å². The molecule has 2 aromatic rings. The largest absolute Gasteiger partial charge is 0.505 e. The van der Waals surface area contributed by atoms with Crippen LogP contribution in [-0.2, 0) is 0 Å². The number of aromatic amines is 1. The molecule has 0 aliphatic heterocycles. The Morgan fingerprint density at radius 2 is 1.79 bits per heavy atom. The summed E-state index contributed by atoms with van der Waals surface area (Å²) < 4.78 is 0. The molecule has 6 nitrogen and oxygen atoms in total. The van der Waals surface area contributed by atoms with Gasteiger partial charge in [-0.3, -0.25) is 9.59 Å². The molecule has 1 aromatic heterocycles. The van der Waals surface area contributed by atoms with E-state index in [-0.39, 0.29) is 26.0 Å². The Labute approximate surface area is 119 Å². The molecular formula is C10H3Cl3N2O4. The highest BCUT2D eigenvalue weighted by molar-refractivity contribution is 6.50. The van der Waals surface area contributed by atoms with Crippen molar-refractivity contribution in [1.82, 2.24) is 4.98 Å². The lowest BCUT2D eigenvalue weighted by atomic mass is 10.2. The van der Waals surface area contributed by atoms with Crippen LogP contribution in [0.1, 0.15) is 0 Å². The molecule has 0 atom stereocenters. The smallest absolute Gasteiger partial charge is 0.298 e. The summed E-state index contributed by atoms with van der Waals surface area (Å²) in [6.45, 7) is 0. The third kappa shape index (κ3) is 2.07. The average Bonchev–Trinajstić information content (AvgIpc) is 2.44. The molecule has 0 radical (unpaired) electrons. The average molecular weight is 322 g/mol. The maximum Gasteiger partial charge on any atom is 0.298 e. The van der Waals surface area contributed by atoms with Gasteiger partial charge in [0.25, 0.3) is 11.0 Å². The summed E-state index contributed by atoms with van der Waals surface area (Å²) in [6.07, 6.45) is 0. The molecule has 0 spiro atoms. The van der Waals surface area contributed by atoms with Gasteiger partial charge in [0, 0.05) is 0 Å². The minimum atomic E-state index is -1.29. The van der Waals surface area contributed by atoms with Crippen LogP contribution in [-0.4, -0.2) is 10.1 Å². The molecule has 0 amide bonds. The van der Waals surface area contributed by atoms with Crippen molar-refractivity contribution in [2.75, 3.05) is 0 Å². The molecule has 0 unspecified atom stereocenters. The minimum Gasteiger partial charge on any atom is -0.505 e. The van der Waals surface area contributed by atoms with Gasteiger partial charge in [0.1, 0.15) is 0 Å². The van der Waals surface area contributed by atoms with Crippen molar-refractivity contribution < 1.29 is 5.11 Å². The maximum absolute atomic E-state index is 11.5. The molecule has 19 heavy (non-hydrogen) atoms. The zero-order chi connectivity index (χ0) is 14.3. The fraction of sp³-hybridized carbons (Fsp3) is 0. The molecule has 0 aliphatic rings. The molecular weight excluding hydrogens is 318 g/mol. The Morgan fingerprint density at radius 1 is 1.16 bits per heavy atom. The number of aromatic nitrogens is 1. The van der Waals surface area contributed by atoms with Crippen molar-refractivity contribution in [2.24, 2.45) is 5.18 Å². The number of halogens is 3. The van der Waals surface area contributed by atoms with Crippen molar-refractivity contribution in [1.29, 1.82) is 0 Å². The summed E-state index contributed by atoms with van der Waals surface area (Å²) in [5.41, 5.74) is -3.42. The number of H-pyrrole nitrogens is 1. The minimum absolute atomic E-state index is 0.00785. The fourth-order valence-corrected chi connectivity index (χ4v) is 2.22. The van der Waals surface area contributed by atoms with Crippen molar-refractivity contribution in [3.8, 4) is 5.75 Å². The number of hydrogen-bond acceptors (Lipinski definition) is 5. The van der Waals surface area contributed by atoms with Gasteiger partial charge in [-0.15, -0.1) is 4.91 Å². The van der Waals surface area contributed by atoms with E-state index < -0.39 is 22.4 Å². The normalized spacial score (nSPS) is 10.7. The zero-order valence-electron chi connectivity index (χ0n) is 8.83. The van der Waals surface area contributed by atoms with Crippen LogP contribution in [0.15, 0.2) is 20.8 Å². The molecule has 0 fully saturated rings. The van der Waals surface area contributed by atoms with E-state index >= 15 is 0 Å². The quantitative estimate of drug-likeness (QED) is 0.479. The predicted molar refractivity (Wildman–Crippen MR) is 73.0 cm³/mol. The summed E-state index contributed by atoms with van der Waals surface area (Å²) in [6, 6.07) is 1.19. The van der Waals surface area contributed by atoms with Crippen LogP contribution in [0.2, 0.25) is 15.1 Å². The van der Waals surface area contributed by atoms with Crippen molar-refractivity contribution >= 4 is 51.4 Å². The highest BCUT2D eigenvalue weighted by Crippen LogP contribution is 2.41. The SMILES string of the molecule is O=Nc1c(O)c2c(Cl)c(Cl)c(Cl)cc2[nH]c(=O)c1=O. The van der Waals surface area contributed by atoms with Crippen molar-refractivity contribution in [2.45, 2.75) is 0 Å². The third-order valence-corrected chi connectivity index (χ3v) is 3.65. The fourth-order valence-electron chi connectivity index (χ4n) is 1.52. The number of hydrogen-bond donors (Lipinski definition) is 2. The molecule has 2 N–H and O–H groups in total. The Morgan fingerprint density at radius 3 is 2.37 bits per heavy atom. The predicted octanol–water partition coefficient (Wildman–Crippen LogP) is 2.95. The number of aromatic hydroxyl groups is 1. The van der Waals surface area contributed by atoms with Crippen molar-refractivity contribution in [3.05, 3.63) is 46.6 Å². The third-order valence-electron chi connectivity index (χ3n) is 2.38. The van der Waals surface area contributed by atoms with Gasteiger partial charge in [0.15, 0.2) is 5.75 Å². The van der Waals surface area contributed by atoms with Gasteiger partial charge in [0.05, 0.1) is 26.0 Å². The van der Waals surface area contributed by atoms with E-state index in [9.17, 15) is 19.6 Å². The van der Waals surface area contributed by atoms with Gasteiger partial charge in [-0.2, -0.15) is 0 Å². The molecule has 1 aromatic carbocycles. The van der Waals surface area contributed by atoms with Crippen LogP contribution in [0.25, 0.3) is 10.9 Å². The molecule has 0 bridgehead atoms. The highest BCUT2D eigenvalue weighted by atomic mass is 35.5. The van der Waals surface area contributed by atoms with Gasteiger partial charge >= 0.3 is 0 Å². The van der Waals surface area contributed by atoms with Crippen LogP contribution in [0.5, 0.6) is 5.75 Å². The first-order valence-electron chi connectivity index (χ1n) is 4.68. The lowest BCUT2D eigenvalue weighted by molar-refractivity contribution is 0.483. The Kier molecular flexibility index (Phi) is 3.49. The van der Waals surface area contributed by atoms with E-state index in [1.54, 1.807) is 0 Å². The number of nitroso groups, excluding NO2 is 1. The number of benzene rings is 1. The van der Waals surface area contributed by atoms with Crippen LogP contribution >= 0.6 is 34.8 Å². The highest BCUT2D eigenvalue weighted by Gasteiger charge is 2.18. The van der Waals surface area contributed by atoms with E-state index in [1.165, 1.54) is 6.07 Å². The van der Waals surface area contributed by atoms with Crippen LogP contribution in [0.4, 0.5) is 5.69 Å². The molecule has 2 rings (SSSR count). The summed E-state index contributed by atoms with van der Waals surface area (Å²) in [7, 11) is 0. The van der Waals surface area contributed by atoms with Gasteiger partial charge in [-0.25, -0.2) is 0 Å². The van der Waals surface area contributed by atoms with E-state index in [0.29, 0.717) is 0 Å². The molecule has 98 valence electrons. The first-order valence-corrected chi connectivity index (χ1v) is 5.82. The molecule has 1 heterocycles. The Balaban J connectivity index is 3.28. The summed E-state index contributed by atoms with van der Waals surface area (Å²) in [5, 5.41) is 11.7. The lowest BCUT2D eigenvalue weighted by Gasteiger charge is -2.03. The van der Waals surface area contributed by atoms with Crippen molar-refractivity contribution in [3.63, 3.8) is 0 Å². The van der Waals surface area contributed by atoms with Gasteiger partial charge in [-0.1, -0.05) is 34.8 Å². The molecule has 0 aliphatic carbocycles. The standard InChI is InChI=1S/C10H3Cl3N2O4/c11-2-1-3-4(6(13)5(2)12)8(16)7(15-19)9(17)10(18)14-3/h1,16H,(H,14,17,18). The second-order valence-corrected chi connectivity index (χ2v) is 4.64. The first kappa shape index (κ1) is 13.8. The summed E-state index contributed by atoms with van der Waals surface area (Å²) >= 11 is 17.4. The number of fused-ring (bicyclic) bond motifs is 1. The molecule has 0 saturated carbocycles. The second kappa shape index (κ2) is 4.80. The van der Waals surface area contributed by atoms with E-state index in [2.05, 4.69) is 10.2 Å². The molecule has 9 heteroatoms. The number of rotatable bonds is 1. The van der Waals surface area contributed by atoms with E-state index in [0.717, 1.165) is 0 Å². The van der Waals surface area contributed by atoms with E-state index in [1.807, 2.05) is 0 Å². The van der Waals surface area contributed by atoms with Crippen LogP contribution in [0.3, 0.4) is 0 Å². The topological polar surface area (TPSA) is 99.6 Å². The van der Waals surface area contributed by atoms with Gasteiger partial charge in [0.2, 0.25) is 5.69 Å². The van der Waals surface area contributed by atoms with Gasteiger partial charge in [-0.05, 0) is 11.2 Å². The lowest BCUT2D eigenvalue weighted by Crippen LogP contribution is -2.22. The zero-order valence-corrected chi connectivity index (χ0v) is 11.1. The first-order chi connectivity index (χ1) is 8.88. The summed E-state index contributed by atoms with van der Waals surface area (Å²) in [4.78, 5) is 35.7. The number of nitrogens with zero attached hydrogens (tertiary/aromatic N) is 1. The van der Waals surface area contributed by atoms with Crippen LogP contribution in [0, 0.1) is 4.91 Å². The molecule has 0 saturated heterocycles. The maximum atomic E-state index is 11.5. The Hall–Kier alpha value is -1.63. The summed E-state index contributed by atoms with van der Waals surface area (Å²) in [5.74, 6) is -0.836. The monoisotopic (exact) mass is 320 g/mol. The van der Waals surface area contributed by atoms with Crippen LogP contribution < -0.4 is 11.0 Å².